The van der Waals surface area contributed by atoms with Crippen molar-refractivity contribution in [2.45, 2.75) is 238 Å². The molecule has 0 radical (unpaired) electrons. The van der Waals surface area contributed by atoms with Crippen LogP contribution in [0.4, 0.5) is 0 Å². The highest BCUT2D eigenvalue weighted by Crippen LogP contribution is 2.43. The molecule has 0 rings (SSSR count). The van der Waals surface area contributed by atoms with Gasteiger partial charge in [-0.3, -0.25) is 18.6 Å². The second-order valence-electron chi connectivity index (χ2n) is 18.2. The molecule has 0 aliphatic rings. The van der Waals surface area contributed by atoms with Gasteiger partial charge in [0, 0.05) is 12.8 Å². The lowest BCUT2D eigenvalue weighted by molar-refractivity contribution is -0.870. The fourth-order valence-corrected chi connectivity index (χ4v) is 7.79. The highest BCUT2D eigenvalue weighted by molar-refractivity contribution is 7.47. The molecule has 0 fully saturated rings. The van der Waals surface area contributed by atoms with Crippen LogP contribution in [0.1, 0.15) is 232 Å². The van der Waals surface area contributed by atoms with Crippen molar-refractivity contribution < 1.29 is 42.1 Å². The second-order valence-corrected chi connectivity index (χ2v) is 19.7. The number of carbonyl (C=O) groups excluding carboxylic acids is 2. The summed E-state index contributed by atoms with van der Waals surface area (Å²) >= 11 is 0. The number of hydrogen-bond donors (Lipinski definition) is 1. The zero-order valence-corrected chi connectivity index (χ0v) is 40.9. The van der Waals surface area contributed by atoms with Crippen molar-refractivity contribution in [2.24, 2.45) is 0 Å². The molecule has 0 saturated heterocycles. The number of phosphoric acid groups is 1. The first-order valence-electron chi connectivity index (χ1n) is 25.1. The predicted octanol–water partition coefficient (Wildman–Crippen LogP) is 14.7. The van der Waals surface area contributed by atoms with E-state index in [0.29, 0.717) is 23.9 Å². The van der Waals surface area contributed by atoms with E-state index in [0.717, 1.165) is 57.8 Å². The molecule has 0 amide bonds. The lowest BCUT2D eigenvalue weighted by Gasteiger charge is -2.24. The SMILES string of the molecule is CCCCC/C=C/C/C=C/CCCCCCCC(=O)O[C@@H](COC(=O)CCCCCCCCCCCCCCCCCCCCCCC)COP(=O)(O)OCC[N+](C)(C)C. The number of esters is 2. The van der Waals surface area contributed by atoms with Gasteiger partial charge in [0.2, 0.25) is 0 Å². The molecule has 0 heterocycles. The van der Waals surface area contributed by atoms with Crippen molar-refractivity contribution in [1.82, 2.24) is 0 Å². The fraction of sp³-hybridized carbons (Fsp3) is 0.880. The number of unbranched alkanes of at least 4 members (excludes halogenated alkanes) is 28. The minimum Gasteiger partial charge on any atom is -0.462 e. The lowest BCUT2D eigenvalue weighted by Crippen LogP contribution is -2.37. The maximum Gasteiger partial charge on any atom is 0.472 e. The molecular weight excluding hydrogens is 774 g/mol. The third-order valence-corrected chi connectivity index (χ3v) is 12.0. The maximum absolute atomic E-state index is 12.7. The summed E-state index contributed by atoms with van der Waals surface area (Å²) in [6, 6.07) is 0. The molecule has 0 aliphatic carbocycles. The van der Waals surface area contributed by atoms with Crippen molar-refractivity contribution in [3.8, 4) is 0 Å². The quantitative estimate of drug-likeness (QED) is 0.0212. The summed E-state index contributed by atoms with van der Waals surface area (Å²) in [4.78, 5) is 35.5. The molecule has 0 aromatic rings. The zero-order chi connectivity index (χ0) is 44.3. The number of likely N-dealkylation sites (N-methyl/N-ethyl adjacent to an activating group) is 1. The number of phosphoric ester groups is 1. The molecule has 0 spiro atoms. The normalized spacial score (nSPS) is 13.6. The molecule has 2 atom stereocenters. The Morgan fingerprint density at radius 2 is 0.900 bits per heavy atom. The summed E-state index contributed by atoms with van der Waals surface area (Å²) in [6.45, 7) is 4.42. The van der Waals surface area contributed by atoms with Crippen LogP contribution in [0, 0.1) is 0 Å². The van der Waals surface area contributed by atoms with Crippen LogP contribution in [-0.4, -0.2) is 74.9 Å². The van der Waals surface area contributed by atoms with E-state index in [4.69, 9.17) is 18.5 Å². The summed E-state index contributed by atoms with van der Waals surface area (Å²) in [6.07, 6.45) is 48.0. The van der Waals surface area contributed by atoms with Gasteiger partial charge in [0.05, 0.1) is 27.7 Å². The van der Waals surface area contributed by atoms with Crippen LogP contribution in [0.5, 0.6) is 0 Å². The molecule has 0 saturated carbocycles. The summed E-state index contributed by atoms with van der Waals surface area (Å²) in [5, 5.41) is 0. The lowest BCUT2D eigenvalue weighted by atomic mass is 10.0. The van der Waals surface area contributed by atoms with Gasteiger partial charge in [-0.15, -0.1) is 0 Å². The highest BCUT2D eigenvalue weighted by atomic mass is 31.2. The fourth-order valence-electron chi connectivity index (χ4n) is 7.05. The predicted molar refractivity (Wildman–Crippen MR) is 252 cm³/mol. The van der Waals surface area contributed by atoms with Gasteiger partial charge in [0.15, 0.2) is 6.10 Å². The van der Waals surface area contributed by atoms with E-state index in [-0.39, 0.29) is 25.6 Å². The smallest absolute Gasteiger partial charge is 0.462 e. The Kier molecular flexibility index (Phi) is 41.7. The maximum atomic E-state index is 12.7. The van der Waals surface area contributed by atoms with Crippen LogP contribution in [0.25, 0.3) is 0 Å². The highest BCUT2D eigenvalue weighted by Gasteiger charge is 2.27. The average Bonchev–Trinajstić information content (AvgIpc) is 3.20. The van der Waals surface area contributed by atoms with E-state index in [9.17, 15) is 19.0 Å². The first-order valence-corrected chi connectivity index (χ1v) is 26.6. The van der Waals surface area contributed by atoms with Gasteiger partial charge in [-0.25, -0.2) is 4.57 Å². The minimum atomic E-state index is -4.38. The first-order chi connectivity index (χ1) is 29.0. The third-order valence-electron chi connectivity index (χ3n) is 11.0. The van der Waals surface area contributed by atoms with Crippen molar-refractivity contribution in [3.63, 3.8) is 0 Å². The van der Waals surface area contributed by atoms with Crippen LogP contribution in [-0.2, 0) is 32.7 Å². The van der Waals surface area contributed by atoms with Crippen LogP contribution in [0.3, 0.4) is 0 Å². The van der Waals surface area contributed by atoms with Crippen LogP contribution in [0.15, 0.2) is 24.3 Å². The third kappa shape index (κ3) is 46.0. The van der Waals surface area contributed by atoms with Crippen molar-refractivity contribution >= 4 is 19.8 Å². The van der Waals surface area contributed by atoms with Gasteiger partial charge in [0.25, 0.3) is 0 Å². The largest absolute Gasteiger partial charge is 0.472 e. The molecule has 1 unspecified atom stereocenters. The van der Waals surface area contributed by atoms with Crippen molar-refractivity contribution in [1.29, 1.82) is 0 Å². The van der Waals surface area contributed by atoms with Crippen molar-refractivity contribution in [3.05, 3.63) is 24.3 Å². The minimum absolute atomic E-state index is 0.0308. The number of carbonyl (C=O) groups is 2. The summed E-state index contributed by atoms with van der Waals surface area (Å²) in [5.74, 6) is -0.803. The van der Waals surface area contributed by atoms with E-state index in [1.807, 2.05) is 21.1 Å². The summed E-state index contributed by atoms with van der Waals surface area (Å²) in [7, 11) is 1.48. The molecule has 1 N–H and O–H groups in total. The number of hydrogen-bond acceptors (Lipinski definition) is 7. The Morgan fingerprint density at radius 3 is 1.35 bits per heavy atom. The Hall–Kier alpha value is -1.51. The molecule has 0 aromatic heterocycles. The Bertz CT molecular complexity index is 1070. The van der Waals surface area contributed by atoms with E-state index < -0.39 is 26.5 Å². The van der Waals surface area contributed by atoms with Gasteiger partial charge < -0.3 is 18.9 Å². The van der Waals surface area contributed by atoms with Gasteiger partial charge in [-0.1, -0.05) is 199 Å². The number of nitrogens with zero attached hydrogens (tertiary/aromatic N) is 1. The van der Waals surface area contributed by atoms with Gasteiger partial charge in [-0.2, -0.15) is 0 Å². The Balaban J connectivity index is 4.22. The number of ether oxygens (including phenoxy) is 2. The first kappa shape index (κ1) is 58.5. The number of rotatable bonds is 46. The molecule has 60 heavy (non-hydrogen) atoms. The van der Waals surface area contributed by atoms with E-state index in [2.05, 4.69) is 38.2 Å². The molecular formula is C50H97NO8P+. The van der Waals surface area contributed by atoms with E-state index >= 15 is 0 Å². The number of quaternary nitrogens is 1. The average molecular weight is 871 g/mol. The molecule has 9 nitrogen and oxygen atoms in total. The summed E-state index contributed by atoms with van der Waals surface area (Å²) in [5.41, 5.74) is 0. The van der Waals surface area contributed by atoms with Gasteiger partial charge in [-0.05, 0) is 44.9 Å². The van der Waals surface area contributed by atoms with Crippen LogP contribution >= 0.6 is 7.82 Å². The van der Waals surface area contributed by atoms with Gasteiger partial charge >= 0.3 is 19.8 Å². The molecule has 10 heteroatoms. The van der Waals surface area contributed by atoms with Crippen LogP contribution in [0.2, 0.25) is 0 Å². The summed E-state index contributed by atoms with van der Waals surface area (Å²) < 4.78 is 34.4. The van der Waals surface area contributed by atoms with E-state index in [1.165, 1.54) is 141 Å². The topological polar surface area (TPSA) is 108 Å². The Labute approximate surface area is 370 Å². The molecule has 0 aliphatic heterocycles. The Morgan fingerprint density at radius 1 is 0.517 bits per heavy atom. The zero-order valence-electron chi connectivity index (χ0n) is 40.0. The monoisotopic (exact) mass is 871 g/mol. The standard InChI is InChI=1S/C50H96NO8P/c1-6-8-10-12-14-16-18-20-22-23-24-25-26-27-29-30-32-34-36-38-40-42-49(52)56-46-48(47-58-60(54,55)57-45-44-51(3,4)5)59-50(53)43-41-39-37-35-33-31-28-21-19-17-15-13-11-9-7-2/h15,17,21,28,48H,6-14,16,18-20,22-27,29-47H2,1-5H3/p+1/b17-15+,28-21+/t48-/m0/s1. The van der Waals surface area contributed by atoms with Crippen LogP contribution < -0.4 is 0 Å². The van der Waals surface area contributed by atoms with E-state index in [1.54, 1.807) is 0 Å². The number of allylic oxidation sites excluding steroid dienone is 4. The molecule has 0 aromatic carbocycles. The molecule has 0 bridgehead atoms. The van der Waals surface area contributed by atoms with Crippen molar-refractivity contribution in [2.75, 3.05) is 47.5 Å². The second kappa shape index (κ2) is 42.8. The van der Waals surface area contributed by atoms with Gasteiger partial charge in [0.1, 0.15) is 19.8 Å². The molecule has 354 valence electrons.